The number of nitrogens with two attached hydrogens (primary N) is 1. The quantitative estimate of drug-likeness (QED) is 0.729. The second-order valence-electron chi connectivity index (χ2n) is 2.86. The molecule has 0 spiro atoms. The first-order chi connectivity index (χ1) is 6.29. The Balaban J connectivity index is 2.35. The van der Waals surface area contributed by atoms with E-state index in [1.54, 1.807) is 6.20 Å². The predicted molar refractivity (Wildman–Crippen MR) is 48.9 cm³/mol. The molecule has 2 rings (SSSR count). The van der Waals surface area contributed by atoms with E-state index in [2.05, 4.69) is 9.97 Å². The van der Waals surface area contributed by atoms with Crippen LogP contribution in [0.25, 0.3) is 11.5 Å². The number of aromatic nitrogens is 2. The van der Waals surface area contributed by atoms with Crippen molar-refractivity contribution in [2.45, 2.75) is 13.5 Å². The minimum absolute atomic E-state index is 0.416. The Bertz CT molecular complexity index is 402. The monoisotopic (exact) mass is 177 g/mol. The summed E-state index contributed by atoms with van der Waals surface area (Å²) in [7, 11) is 0. The molecule has 13 heavy (non-hydrogen) atoms. The van der Waals surface area contributed by atoms with Gasteiger partial charge in [-0.05, 0) is 19.1 Å². The number of imidazole rings is 1. The summed E-state index contributed by atoms with van der Waals surface area (Å²) in [5.74, 6) is 2.45. The molecule has 0 aliphatic carbocycles. The van der Waals surface area contributed by atoms with Crippen LogP contribution in [-0.2, 0) is 6.54 Å². The lowest BCUT2D eigenvalue weighted by Crippen LogP contribution is -1.97. The van der Waals surface area contributed by atoms with Crippen LogP contribution in [-0.4, -0.2) is 9.97 Å². The van der Waals surface area contributed by atoms with Crippen LogP contribution in [0.1, 0.15) is 11.6 Å². The van der Waals surface area contributed by atoms with Gasteiger partial charge in [0.25, 0.3) is 0 Å². The first-order valence-electron chi connectivity index (χ1n) is 4.10. The normalized spacial score (nSPS) is 10.6. The van der Waals surface area contributed by atoms with Gasteiger partial charge in [-0.3, -0.25) is 0 Å². The average molecular weight is 177 g/mol. The van der Waals surface area contributed by atoms with E-state index in [0.717, 1.165) is 23.0 Å². The average Bonchev–Trinajstić information content (AvgIpc) is 2.71. The Morgan fingerprint density at radius 3 is 2.92 bits per heavy atom. The third kappa shape index (κ3) is 1.48. The molecule has 0 saturated carbocycles. The zero-order valence-corrected chi connectivity index (χ0v) is 7.37. The summed E-state index contributed by atoms with van der Waals surface area (Å²) in [4.78, 5) is 7.14. The Kier molecular flexibility index (Phi) is 1.90. The van der Waals surface area contributed by atoms with E-state index < -0.39 is 0 Å². The fraction of sp³-hybridized carbons (Fsp3) is 0.222. The number of rotatable bonds is 2. The number of hydrogen-bond acceptors (Lipinski definition) is 3. The smallest absolute Gasteiger partial charge is 0.152 e. The van der Waals surface area contributed by atoms with Crippen molar-refractivity contribution >= 4 is 0 Å². The number of nitrogens with one attached hydrogen (secondary N) is 1. The van der Waals surface area contributed by atoms with Crippen molar-refractivity contribution < 1.29 is 4.42 Å². The molecule has 0 bridgehead atoms. The molecule has 4 heteroatoms. The summed E-state index contributed by atoms with van der Waals surface area (Å²) in [5, 5.41) is 0. The molecule has 0 saturated heterocycles. The fourth-order valence-electron chi connectivity index (χ4n) is 1.17. The van der Waals surface area contributed by atoms with Crippen LogP contribution in [0.4, 0.5) is 0 Å². The molecule has 4 nitrogen and oxygen atoms in total. The van der Waals surface area contributed by atoms with Crippen LogP contribution in [0.15, 0.2) is 22.7 Å². The SMILES string of the molecule is Cc1ccc(-c2cnc(CN)[nH]2)o1. The highest BCUT2D eigenvalue weighted by Crippen LogP contribution is 2.19. The summed E-state index contributed by atoms with van der Waals surface area (Å²) in [6.07, 6.45) is 1.72. The van der Waals surface area contributed by atoms with Crippen LogP contribution in [0.2, 0.25) is 0 Å². The van der Waals surface area contributed by atoms with Crippen molar-refractivity contribution in [2.75, 3.05) is 0 Å². The first kappa shape index (κ1) is 8.07. The number of hydrogen-bond donors (Lipinski definition) is 2. The number of aromatic amines is 1. The molecule has 2 aromatic heterocycles. The molecule has 0 aromatic carbocycles. The van der Waals surface area contributed by atoms with E-state index in [-0.39, 0.29) is 0 Å². The minimum atomic E-state index is 0.416. The van der Waals surface area contributed by atoms with Crippen molar-refractivity contribution in [3.63, 3.8) is 0 Å². The van der Waals surface area contributed by atoms with Crippen molar-refractivity contribution in [1.29, 1.82) is 0 Å². The van der Waals surface area contributed by atoms with Gasteiger partial charge in [0.2, 0.25) is 0 Å². The lowest BCUT2D eigenvalue weighted by Gasteiger charge is -1.89. The molecule has 0 aliphatic heterocycles. The first-order valence-corrected chi connectivity index (χ1v) is 4.10. The van der Waals surface area contributed by atoms with Gasteiger partial charge in [0.1, 0.15) is 17.3 Å². The van der Waals surface area contributed by atoms with E-state index in [4.69, 9.17) is 10.2 Å². The molecule has 0 fully saturated rings. The standard InChI is InChI=1S/C9H11N3O/c1-6-2-3-8(13-6)7-5-11-9(4-10)12-7/h2-3,5H,4,10H2,1H3,(H,11,12). The highest BCUT2D eigenvalue weighted by molar-refractivity contribution is 5.51. The zero-order chi connectivity index (χ0) is 9.26. The molecule has 0 atom stereocenters. The van der Waals surface area contributed by atoms with Crippen molar-refractivity contribution in [3.05, 3.63) is 29.9 Å². The second kappa shape index (κ2) is 3.06. The Labute approximate surface area is 75.8 Å². The third-order valence-corrected chi connectivity index (χ3v) is 1.83. The maximum absolute atomic E-state index is 5.42. The maximum Gasteiger partial charge on any atom is 0.152 e. The Morgan fingerprint density at radius 2 is 2.38 bits per heavy atom. The van der Waals surface area contributed by atoms with Gasteiger partial charge in [-0.2, -0.15) is 0 Å². The molecule has 3 N–H and O–H groups in total. The lowest BCUT2D eigenvalue weighted by molar-refractivity contribution is 0.546. The molecule has 0 amide bonds. The van der Waals surface area contributed by atoms with Gasteiger partial charge >= 0.3 is 0 Å². The summed E-state index contributed by atoms with van der Waals surface area (Å²) in [6.45, 7) is 2.32. The van der Waals surface area contributed by atoms with Crippen LogP contribution in [0.3, 0.4) is 0 Å². The van der Waals surface area contributed by atoms with Crippen molar-refractivity contribution in [2.24, 2.45) is 5.73 Å². The van der Waals surface area contributed by atoms with E-state index in [9.17, 15) is 0 Å². The number of furan rings is 1. The highest BCUT2D eigenvalue weighted by Gasteiger charge is 2.05. The van der Waals surface area contributed by atoms with Crippen molar-refractivity contribution in [3.8, 4) is 11.5 Å². The third-order valence-electron chi connectivity index (χ3n) is 1.83. The van der Waals surface area contributed by atoms with Crippen LogP contribution >= 0.6 is 0 Å². The lowest BCUT2D eigenvalue weighted by atomic mass is 10.3. The van der Waals surface area contributed by atoms with Gasteiger partial charge in [-0.25, -0.2) is 4.98 Å². The van der Waals surface area contributed by atoms with Gasteiger partial charge in [0, 0.05) is 0 Å². The molecule has 0 unspecified atom stereocenters. The van der Waals surface area contributed by atoms with E-state index in [1.807, 2.05) is 19.1 Å². The molecule has 0 radical (unpaired) electrons. The molecular weight excluding hydrogens is 166 g/mol. The molecule has 0 aliphatic rings. The Hall–Kier alpha value is -1.55. The van der Waals surface area contributed by atoms with E-state index in [1.165, 1.54) is 0 Å². The topological polar surface area (TPSA) is 67.8 Å². The van der Waals surface area contributed by atoms with Gasteiger partial charge in [-0.15, -0.1) is 0 Å². The number of aryl methyl sites for hydroxylation is 1. The van der Waals surface area contributed by atoms with Crippen molar-refractivity contribution in [1.82, 2.24) is 9.97 Å². The summed E-state index contributed by atoms with van der Waals surface area (Å²) in [6, 6.07) is 3.82. The maximum atomic E-state index is 5.42. The van der Waals surface area contributed by atoms with Crippen LogP contribution in [0, 0.1) is 6.92 Å². The molecule has 2 aromatic rings. The second-order valence-corrected chi connectivity index (χ2v) is 2.86. The number of H-pyrrole nitrogens is 1. The summed E-state index contributed by atoms with van der Waals surface area (Å²) in [5.41, 5.74) is 6.29. The molecular formula is C9H11N3O. The van der Waals surface area contributed by atoms with E-state index >= 15 is 0 Å². The van der Waals surface area contributed by atoms with Crippen LogP contribution < -0.4 is 5.73 Å². The highest BCUT2D eigenvalue weighted by atomic mass is 16.3. The van der Waals surface area contributed by atoms with Crippen LogP contribution in [0.5, 0.6) is 0 Å². The number of nitrogens with zero attached hydrogens (tertiary/aromatic N) is 1. The zero-order valence-electron chi connectivity index (χ0n) is 7.37. The van der Waals surface area contributed by atoms with Gasteiger partial charge in [-0.1, -0.05) is 0 Å². The minimum Gasteiger partial charge on any atom is -0.460 e. The summed E-state index contributed by atoms with van der Waals surface area (Å²) < 4.78 is 5.42. The molecule has 2 heterocycles. The molecule has 68 valence electrons. The van der Waals surface area contributed by atoms with E-state index in [0.29, 0.717) is 6.54 Å². The van der Waals surface area contributed by atoms with Gasteiger partial charge < -0.3 is 15.1 Å². The summed E-state index contributed by atoms with van der Waals surface area (Å²) >= 11 is 0. The van der Waals surface area contributed by atoms with Gasteiger partial charge in [0.15, 0.2) is 5.76 Å². The predicted octanol–water partition coefficient (Wildman–Crippen LogP) is 1.44. The largest absolute Gasteiger partial charge is 0.460 e. The fourth-order valence-corrected chi connectivity index (χ4v) is 1.17. The van der Waals surface area contributed by atoms with Gasteiger partial charge in [0.05, 0.1) is 12.7 Å². The Morgan fingerprint density at radius 1 is 1.54 bits per heavy atom.